The summed E-state index contributed by atoms with van der Waals surface area (Å²) in [5.74, 6) is -0.540. The molecular weight excluding hydrogens is 406 g/mol. The van der Waals surface area contributed by atoms with Crippen LogP contribution in [0.25, 0.3) is 0 Å². The number of hydrazine groups is 1. The van der Waals surface area contributed by atoms with Crippen molar-refractivity contribution in [3.8, 4) is 0 Å². The van der Waals surface area contributed by atoms with Gasteiger partial charge in [0, 0.05) is 17.7 Å². The second-order valence-corrected chi connectivity index (χ2v) is 9.51. The zero-order chi connectivity index (χ0) is 19.0. The van der Waals surface area contributed by atoms with Crippen LogP contribution in [0.2, 0.25) is 0 Å². The summed E-state index contributed by atoms with van der Waals surface area (Å²) >= 11 is 3.28. The molecule has 136 valence electrons. The summed E-state index contributed by atoms with van der Waals surface area (Å²) in [5, 5.41) is 0. The van der Waals surface area contributed by atoms with Crippen LogP contribution in [0.3, 0.4) is 0 Å². The average Bonchev–Trinajstić information content (AvgIpc) is 2.82. The van der Waals surface area contributed by atoms with Gasteiger partial charge in [-0.3, -0.25) is 10.2 Å². The fourth-order valence-electron chi connectivity index (χ4n) is 2.34. The van der Waals surface area contributed by atoms with E-state index in [1.54, 1.807) is 42.9 Å². The predicted molar refractivity (Wildman–Crippen MR) is 101 cm³/mol. The molecule has 25 heavy (non-hydrogen) atoms. The molecule has 0 saturated heterocycles. The minimum atomic E-state index is -3.89. The molecule has 2 N–H and O–H groups in total. The summed E-state index contributed by atoms with van der Waals surface area (Å²) in [4.78, 5) is 14.5. The Bertz CT molecular complexity index is 912. The highest BCUT2D eigenvalue weighted by atomic mass is 79.9. The molecule has 2 rings (SSSR count). The highest BCUT2D eigenvalue weighted by molar-refractivity contribution is 9.10. The third-order valence-electron chi connectivity index (χ3n) is 3.85. The minimum Gasteiger partial charge on any atom is -0.345 e. The molecule has 0 saturated carbocycles. The van der Waals surface area contributed by atoms with Crippen LogP contribution in [0, 0.1) is 6.92 Å². The Morgan fingerprint density at radius 2 is 1.84 bits per heavy atom. The normalized spacial score (nSPS) is 12.2. The number of sulfonamides is 1. The van der Waals surface area contributed by atoms with Crippen molar-refractivity contribution in [3.05, 3.63) is 51.8 Å². The molecule has 0 aliphatic rings. The van der Waals surface area contributed by atoms with Gasteiger partial charge >= 0.3 is 0 Å². The lowest BCUT2D eigenvalue weighted by atomic mass is 9.87. The van der Waals surface area contributed by atoms with Crippen LogP contribution < -0.4 is 10.3 Å². The summed E-state index contributed by atoms with van der Waals surface area (Å²) in [6, 6.07) is 6.93. The Hall–Kier alpha value is -1.64. The number of benzene rings is 1. The molecule has 0 aliphatic heterocycles. The molecule has 0 fully saturated rings. The molecule has 1 aromatic heterocycles. The lowest BCUT2D eigenvalue weighted by Crippen LogP contribution is -2.42. The SMILES string of the molecule is Cc1ccc(C(C)(C)C)cc1S(=O)(=O)NNC(=O)c1cc(Br)cn1C. The molecule has 1 amide bonds. The highest BCUT2D eigenvalue weighted by Gasteiger charge is 2.22. The van der Waals surface area contributed by atoms with Crippen molar-refractivity contribution >= 4 is 31.9 Å². The largest absolute Gasteiger partial charge is 0.345 e. The number of nitrogens with zero attached hydrogens (tertiary/aromatic N) is 1. The van der Waals surface area contributed by atoms with E-state index in [-0.39, 0.29) is 10.3 Å². The van der Waals surface area contributed by atoms with Gasteiger partial charge in [-0.05, 0) is 51.5 Å². The van der Waals surface area contributed by atoms with E-state index in [4.69, 9.17) is 0 Å². The molecule has 0 atom stereocenters. The van der Waals surface area contributed by atoms with E-state index in [1.807, 2.05) is 26.8 Å². The molecule has 0 radical (unpaired) electrons. The number of hydrogen-bond donors (Lipinski definition) is 2. The monoisotopic (exact) mass is 427 g/mol. The Morgan fingerprint density at radius 3 is 2.36 bits per heavy atom. The van der Waals surface area contributed by atoms with Gasteiger partial charge < -0.3 is 4.57 Å². The third-order valence-corrected chi connectivity index (χ3v) is 5.67. The molecule has 0 spiro atoms. The fourth-order valence-corrected chi connectivity index (χ4v) is 3.97. The number of carbonyl (C=O) groups is 1. The van der Waals surface area contributed by atoms with E-state index >= 15 is 0 Å². The van der Waals surface area contributed by atoms with Crippen LogP contribution in [0.15, 0.2) is 39.8 Å². The fraction of sp³-hybridized carbons (Fsp3) is 0.353. The van der Waals surface area contributed by atoms with E-state index < -0.39 is 15.9 Å². The number of aryl methyl sites for hydroxylation is 2. The van der Waals surface area contributed by atoms with Crippen molar-refractivity contribution in [2.75, 3.05) is 0 Å². The number of carbonyl (C=O) groups excluding carboxylic acids is 1. The zero-order valence-electron chi connectivity index (χ0n) is 14.8. The van der Waals surface area contributed by atoms with E-state index in [0.717, 1.165) is 10.0 Å². The summed E-state index contributed by atoms with van der Waals surface area (Å²) < 4.78 is 27.6. The summed E-state index contributed by atoms with van der Waals surface area (Å²) in [6.45, 7) is 7.75. The Kier molecular flexibility index (Phi) is 5.46. The molecule has 1 heterocycles. The van der Waals surface area contributed by atoms with Gasteiger partial charge in [-0.1, -0.05) is 32.9 Å². The maximum absolute atomic E-state index is 12.6. The summed E-state index contributed by atoms with van der Waals surface area (Å²) in [5.41, 5.74) is 3.91. The highest BCUT2D eigenvalue weighted by Crippen LogP contribution is 2.26. The Balaban J connectivity index is 2.25. The maximum Gasteiger partial charge on any atom is 0.282 e. The summed E-state index contributed by atoms with van der Waals surface area (Å²) in [6.07, 6.45) is 1.71. The van der Waals surface area contributed by atoms with Crippen molar-refractivity contribution in [1.82, 2.24) is 14.8 Å². The van der Waals surface area contributed by atoms with E-state index in [0.29, 0.717) is 11.3 Å². The number of aromatic nitrogens is 1. The maximum atomic E-state index is 12.6. The van der Waals surface area contributed by atoms with Gasteiger partial charge in [-0.25, -0.2) is 8.42 Å². The smallest absolute Gasteiger partial charge is 0.282 e. The van der Waals surface area contributed by atoms with Gasteiger partial charge in [0.05, 0.1) is 4.90 Å². The first-order valence-corrected chi connectivity index (χ1v) is 9.94. The van der Waals surface area contributed by atoms with Gasteiger partial charge in [0.25, 0.3) is 15.9 Å². The van der Waals surface area contributed by atoms with Crippen molar-refractivity contribution in [3.63, 3.8) is 0 Å². The standard InChI is InChI=1S/C17H22BrN3O3S/c1-11-6-7-12(17(2,3)4)8-15(11)25(23,24)20-19-16(22)14-9-13(18)10-21(14)5/h6-10,20H,1-5H3,(H,19,22). The Labute approximate surface area is 156 Å². The topological polar surface area (TPSA) is 80.2 Å². The third kappa shape index (κ3) is 4.50. The van der Waals surface area contributed by atoms with Crippen LogP contribution in [-0.2, 0) is 22.5 Å². The van der Waals surface area contributed by atoms with Crippen LogP contribution in [0.4, 0.5) is 0 Å². The first-order valence-electron chi connectivity index (χ1n) is 7.67. The number of amides is 1. The number of rotatable bonds is 4. The van der Waals surface area contributed by atoms with Crippen LogP contribution in [0.5, 0.6) is 0 Å². The number of hydrogen-bond acceptors (Lipinski definition) is 3. The van der Waals surface area contributed by atoms with Crippen LogP contribution in [-0.4, -0.2) is 18.9 Å². The second-order valence-electron chi connectivity index (χ2n) is 6.94. The van der Waals surface area contributed by atoms with Crippen molar-refractivity contribution in [2.45, 2.75) is 38.0 Å². The lowest BCUT2D eigenvalue weighted by Gasteiger charge is -2.21. The van der Waals surface area contributed by atoms with E-state index in [9.17, 15) is 13.2 Å². The number of nitrogens with one attached hydrogen (secondary N) is 2. The molecule has 0 aliphatic carbocycles. The summed E-state index contributed by atoms with van der Waals surface area (Å²) in [7, 11) is -2.19. The van der Waals surface area contributed by atoms with Crippen LogP contribution >= 0.6 is 15.9 Å². The molecule has 8 heteroatoms. The van der Waals surface area contributed by atoms with Gasteiger partial charge in [-0.2, -0.15) is 0 Å². The second kappa shape index (κ2) is 6.93. The molecule has 0 unspecified atom stereocenters. The average molecular weight is 428 g/mol. The minimum absolute atomic E-state index is 0.147. The van der Waals surface area contributed by atoms with E-state index in [1.165, 1.54) is 0 Å². The first kappa shape index (κ1) is 19.7. The zero-order valence-corrected chi connectivity index (χ0v) is 17.2. The Morgan fingerprint density at radius 1 is 1.20 bits per heavy atom. The molecule has 6 nitrogen and oxygen atoms in total. The lowest BCUT2D eigenvalue weighted by molar-refractivity contribution is 0.0937. The predicted octanol–water partition coefficient (Wildman–Crippen LogP) is 3.02. The first-order chi connectivity index (χ1) is 11.4. The molecule has 2 aromatic rings. The van der Waals surface area contributed by atoms with Crippen LogP contribution in [0.1, 0.15) is 42.4 Å². The van der Waals surface area contributed by atoms with Crippen molar-refractivity contribution < 1.29 is 13.2 Å². The van der Waals surface area contributed by atoms with Crippen molar-refractivity contribution in [2.24, 2.45) is 7.05 Å². The van der Waals surface area contributed by atoms with Gasteiger partial charge in [0.15, 0.2) is 0 Å². The quantitative estimate of drug-likeness (QED) is 0.735. The van der Waals surface area contributed by atoms with Crippen molar-refractivity contribution in [1.29, 1.82) is 0 Å². The molecular formula is C17H22BrN3O3S. The van der Waals surface area contributed by atoms with Gasteiger partial charge in [0.2, 0.25) is 0 Å². The molecule has 1 aromatic carbocycles. The van der Waals surface area contributed by atoms with Gasteiger partial charge in [-0.15, -0.1) is 4.83 Å². The number of halogens is 1. The van der Waals surface area contributed by atoms with E-state index in [2.05, 4.69) is 26.2 Å². The molecule has 0 bridgehead atoms. The van der Waals surface area contributed by atoms with Gasteiger partial charge in [0.1, 0.15) is 5.69 Å².